The maximum Gasteiger partial charge on any atom is 0.261 e. The van der Waals surface area contributed by atoms with Gasteiger partial charge in [-0.1, -0.05) is 6.07 Å². The third kappa shape index (κ3) is 3.40. The van der Waals surface area contributed by atoms with Crippen LogP contribution in [0.1, 0.15) is 28.4 Å². The van der Waals surface area contributed by atoms with Gasteiger partial charge in [0.15, 0.2) is 5.65 Å². The molecule has 1 aliphatic heterocycles. The van der Waals surface area contributed by atoms with Crippen LogP contribution >= 0.6 is 0 Å². The van der Waals surface area contributed by atoms with E-state index in [0.29, 0.717) is 43.2 Å². The van der Waals surface area contributed by atoms with Gasteiger partial charge in [0.2, 0.25) is 0 Å². The van der Waals surface area contributed by atoms with Crippen molar-refractivity contribution in [2.45, 2.75) is 18.9 Å². The Morgan fingerprint density at radius 1 is 1.21 bits per heavy atom. The van der Waals surface area contributed by atoms with Crippen LogP contribution in [0.2, 0.25) is 0 Å². The number of hydrogen-bond acceptors (Lipinski definition) is 6. The van der Waals surface area contributed by atoms with Gasteiger partial charge in [-0.25, -0.2) is 9.67 Å². The molecule has 1 saturated heterocycles. The standard InChI is InChI=1S/C21H25N5O3/c1-28-16-6-3-7-17(29-2)18(16)21(27)25-11-8-14(13-25)19-15-5-4-10-23-20(15)26(24-19)12-9-22/h3-7,10,14H,8-9,11-13,22H2,1-2H3. The summed E-state index contributed by atoms with van der Waals surface area (Å²) in [5.74, 6) is 1.08. The Labute approximate surface area is 169 Å². The summed E-state index contributed by atoms with van der Waals surface area (Å²) in [6.45, 7) is 2.34. The molecule has 2 N–H and O–H groups in total. The van der Waals surface area contributed by atoms with Crippen molar-refractivity contribution in [2.75, 3.05) is 33.9 Å². The number of carbonyl (C=O) groups is 1. The number of likely N-dealkylation sites (tertiary alicyclic amines) is 1. The van der Waals surface area contributed by atoms with Crippen LogP contribution in [0.25, 0.3) is 11.0 Å². The number of carbonyl (C=O) groups excluding carboxylic acids is 1. The average molecular weight is 395 g/mol. The van der Waals surface area contributed by atoms with E-state index < -0.39 is 0 Å². The normalized spacial score (nSPS) is 16.4. The van der Waals surface area contributed by atoms with Crippen LogP contribution in [-0.2, 0) is 6.54 Å². The first-order valence-corrected chi connectivity index (χ1v) is 9.69. The lowest BCUT2D eigenvalue weighted by atomic mass is 10.0. The molecule has 4 rings (SSSR count). The minimum absolute atomic E-state index is 0.0920. The van der Waals surface area contributed by atoms with Crippen LogP contribution in [0.5, 0.6) is 11.5 Å². The van der Waals surface area contributed by atoms with E-state index in [0.717, 1.165) is 23.1 Å². The highest BCUT2D eigenvalue weighted by Crippen LogP contribution is 2.35. The molecular formula is C21H25N5O3. The fourth-order valence-electron chi connectivity index (χ4n) is 4.00. The Kier molecular flexibility index (Phi) is 5.35. The molecule has 0 aliphatic carbocycles. The van der Waals surface area contributed by atoms with E-state index in [4.69, 9.17) is 20.3 Å². The van der Waals surface area contributed by atoms with Crippen molar-refractivity contribution in [3.8, 4) is 11.5 Å². The lowest BCUT2D eigenvalue weighted by Gasteiger charge is -2.19. The molecule has 1 amide bonds. The number of rotatable bonds is 6. The number of ether oxygens (including phenoxy) is 2. The van der Waals surface area contributed by atoms with Gasteiger partial charge in [0.25, 0.3) is 5.91 Å². The van der Waals surface area contributed by atoms with Crippen molar-refractivity contribution in [2.24, 2.45) is 5.73 Å². The van der Waals surface area contributed by atoms with Gasteiger partial charge in [-0.3, -0.25) is 4.79 Å². The molecule has 152 valence electrons. The van der Waals surface area contributed by atoms with E-state index in [-0.39, 0.29) is 11.8 Å². The molecule has 3 heterocycles. The number of fused-ring (bicyclic) bond motifs is 1. The van der Waals surface area contributed by atoms with E-state index in [9.17, 15) is 4.79 Å². The van der Waals surface area contributed by atoms with E-state index in [1.54, 1.807) is 32.5 Å². The number of benzene rings is 1. The molecule has 1 aliphatic rings. The Morgan fingerprint density at radius 3 is 2.66 bits per heavy atom. The van der Waals surface area contributed by atoms with Gasteiger partial charge in [-0.15, -0.1) is 0 Å². The molecule has 0 bridgehead atoms. The van der Waals surface area contributed by atoms with Gasteiger partial charge in [0, 0.05) is 37.1 Å². The zero-order valence-corrected chi connectivity index (χ0v) is 16.7. The molecular weight excluding hydrogens is 370 g/mol. The summed E-state index contributed by atoms with van der Waals surface area (Å²) in [7, 11) is 3.11. The summed E-state index contributed by atoms with van der Waals surface area (Å²) in [4.78, 5) is 19.6. The van der Waals surface area contributed by atoms with Crippen molar-refractivity contribution in [3.63, 3.8) is 0 Å². The molecule has 8 nitrogen and oxygen atoms in total. The Balaban J connectivity index is 1.62. The van der Waals surface area contributed by atoms with Crippen molar-refractivity contribution in [1.82, 2.24) is 19.7 Å². The van der Waals surface area contributed by atoms with Gasteiger partial charge in [0.05, 0.1) is 26.5 Å². The minimum Gasteiger partial charge on any atom is -0.496 e. The van der Waals surface area contributed by atoms with Gasteiger partial charge >= 0.3 is 0 Å². The highest BCUT2D eigenvalue weighted by atomic mass is 16.5. The zero-order valence-electron chi connectivity index (χ0n) is 16.7. The van der Waals surface area contributed by atoms with Gasteiger partial charge in [0.1, 0.15) is 17.1 Å². The number of amides is 1. The second-order valence-electron chi connectivity index (χ2n) is 7.05. The predicted octanol–water partition coefficient (Wildman–Crippen LogP) is 2.04. The second kappa shape index (κ2) is 8.08. The minimum atomic E-state index is -0.0920. The maximum absolute atomic E-state index is 13.3. The Hall–Kier alpha value is -3.13. The fourth-order valence-corrected chi connectivity index (χ4v) is 4.00. The van der Waals surface area contributed by atoms with Crippen LogP contribution in [0, 0.1) is 0 Å². The Bertz CT molecular complexity index is 1010. The largest absolute Gasteiger partial charge is 0.496 e. The van der Waals surface area contributed by atoms with Crippen LogP contribution in [0.3, 0.4) is 0 Å². The average Bonchev–Trinajstić information content (AvgIpc) is 3.38. The highest BCUT2D eigenvalue weighted by molar-refractivity contribution is 6.00. The van der Waals surface area contributed by atoms with Crippen LogP contribution in [0.4, 0.5) is 0 Å². The summed E-state index contributed by atoms with van der Waals surface area (Å²) in [6, 6.07) is 9.31. The molecule has 2 aromatic heterocycles. The lowest BCUT2D eigenvalue weighted by Crippen LogP contribution is -2.29. The predicted molar refractivity (Wildman–Crippen MR) is 109 cm³/mol. The molecule has 0 radical (unpaired) electrons. The first kappa shape index (κ1) is 19.2. The molecule has 1 fully saturated rings. The van der Waals surface area contributed by atoms with Crippen molar-refractivity contribution < 1.29 is 14.3 Å². The quantitative estimate of drug-likeness (QED) is 0.686. The summed E-state index contributed by atoms with van der Waals surface area (Å²) in [5, 5.41) is 5.81. The number of pyridine rings is 1. The summed E-state index contributed by atoms with van der Waals surface area (Å²) >= 11 is 0. The highest BCUT2D eigenvalue weighted by Gasteiger charge is 2.33. The third-order valence-electron chi connectivity index (χ3n) is 5.38. The topological polar surface area (TPSA) is 95.5 Å². The van der Waals surface area contributed by atoms with E-state index in [2.05, 4.69) is 4.98 Å². The molecule has 3 aromatic rings. The second-order valence-corrected chi connectivity index (χ2v) is 7.05. The summed E-state index contributed by atoms with van der Waals surface area (Å²) in [6.07, 6.45) is 2.60. The third-order valence-corrected chi connectivity index (χ3v) is 5.38. The number of nitrogens with two attached hydrogens (primary N) is 1. The van der Waals surface area contributed by atoms with E-state index in [1.165, 1.54) is 0 Å². The number of nitrogens with zero attached hydrogens (tertiary/aromatic N) is 4. The van der Waals surface area contributed by atoms with Crippen LogP contribution in [0.15, 0.2) is 36.5 Å². The van der Waals surface area contributed by atoms with Crippen molar-refractivity contribution in [1.29, 1.82) is 0 Å². The Morgan fingerprint density at radius 2 is 1.97 bits per heavy atom. The first-order valence-electron chi connectivity index (χ1n) is 9.69. The zero-order chi connectivity index (χ0) is 20.4. The van der Waals surface area contributed by atoms with Crippen molar-refractivity contribution >= 4 is 16.9 Å². The number of hydrogen-bond donors (Lipinski definition) is 1. The molecule has 0 spiro atoms. The van der Waals surface area contributed by atoms with Gasteiger partial charge < -0.3 is 20.1 Å². The van der Waals surface area contributed by atoms with Gasteiger partial charge in [-0.2, -0.15) is 5.10 Å². The fraction of sp³-hybridized carbons (Fsp3) is 0.381. The molecule has 1 unspecified atom stereocenters. The smallest absolute Gasteiger partial charge is 0.261 e. The van der Waals surface area contributed by atoms with Crippen LogP contribution in [-0.4, -0.2) is 59.4 Å². The van der Waals surface area contributed by atoms with Gasteiger partial charge in [-0.05, 0) is 30.7 Å². The van der Waals surface area contributed by atoms with E-state index >= 15 is 0 Å². The molecule has 1 aromatic carbocycles. The maximum atomic E-state index is 13.3. The summed E-state index contributed by atoms with van der Waals surface area (Å²) < 4.78 is 12.7. The molecule has 29 heavy (non-hydrogen) atoms. The molecule has 8 heteroatoms. The number of methoxy groups -OCH3 is 2. The lowest BCUT2D eigenvalue weighted by molar-refractivity contribution is 0.0783. The summed E-state index contributed by atoms with van der Waals surface area (Å²) in [5.41, 5.74) is 8.00. The monoisotopic (exact) mass is 395 g/mol. The van der Waals surface area contributed by atoms with Crippen molar-refractivity contribution in [3.05, 3.63) is 47.8 Å². The first-order chi connectivity index (χ1) is 14.2. The SMILES string of the molecule is COc1cccc(OC)c1C(=O)N1CCC(c2nn(CCN)c3ncccc23)C1. The van der Waals surface area contributed by atoms with E-state index in [1.807, 2.05) is 27.8 Å². The van der Waals surface area contributed by atoms with Crippen LogP contribution < -0.4 is 15.2 Å². The number of aromatic nitrogens is 3. The molecule has 0 saturated carbocycles. The molecule has 1 atom stereocenters.